The summed E-state index contributed by atoms with van der Waals surface area (Å²) in [6.45, 7) is 4.69. The van der Waals surface area contributed by atoms with Crippen LogP contribution in [0.25, 0.3) is 0 Å². The monoisotopic (exact) mass is 348 g/mol. The molecule has 1 fully saturated rings. The van der Waals surface area contributed by atoms with Crippen LogP contribution in [0, 0.1) is 6.92 Å². The number of aryl methyl sites for hydroxylation is 2. The number of piperidine rings is 1. The number of anilines is 1. The number of carbonyl (C=O) groups is 1. The number of nitrogens with zero attached hydrogens (tertiary/aromatic N) is 2. The standard InChI is InChI=1S/C23H28N2O/c1-18-10-11-22-21(17-18)9-5-6-14-25(22)23(26)24-15-12-20(13-16-24)19-7-3-2-4-8-19/h2-4,7-8,10-11,17,20H,5-6,9,12-16H2,1H3. The van der Waals surface area contributed by atoms with Crippen LogP contribution in [0.4, 0.5) is 10.5 Å². The van der Waals surface area contributed by atoms with Gasteiger partial charge in [-0.2, -0.15) is 0 Å². The van der Waals surface area contributed by atoms with Crippen LogP contribution in [0.2, 0.25) is 0 Å². The van der Waals surface area contributed by atoms with E-state index in [1.54, 1.807) is 0 Å². The van der Waals surface area contributed by atoms with E-state index in [1.807, 2.05) is 4.90 Å². The lowest BCUT2D eigenvalue weighted by Gasteiger charge is -2.36. The second kappa shape index (κ2) is 7.53. The first-order valence-electron chi connectivity index (χ1n) is 9.93. The van der Waals surface area contributed by atoms with Crippen LogP contribution in [0.5, 0.6) is 0 Å². The lowest BCUT2D eigenvalue weighted by Crippen LogP contribution is -2.47. The normalized spacial score (nSPS) is 18.3. The van der Waals surface area contributed by atoms with Gasteiger partial charge in [0.15, 0.2) is 0 Å². The molecule has 26 heavy (non-hydrogen) atoms. The molecule has 0 radical (unpaired) electrons. The highest BCUT2D eigenvalue weighted by Crippen LogP contribution is 2.31. The van der Waals surface area contributed by atoms with Gasteiger partial charge in [0, 0.05) is 25.3 Å². The Morgan fingerprint density at radius 2 is 1.73 bits per heavy atom. The van der Waals surface area contributed by atoms with Crippen molar-refractivity contribution in [2.75, 3.05) is 24.5 Å². The average Bonchev–Trinajstić information content (AvgIpc) is 2.90. The summed E-state index contributed by atoms with van der Waals surface area (Å²) in [6, 6.07) is 17.5. The molecule has 1 saturated heterocycles. The highest BCUT2D eigenvalue weighted by molar-refractivity contribution is 5.93. The summed E-state index contributed by atoms with van der Waals surface area (Å²) in [5.41, 5.74) is 5.15. The van der Waals surface area contributed by atoms with E-state index in [0.29, 0.717) is 5.92 Å². The van der Waals surface area contributed by atoms with Crippen LogP contribution in [0.1, 0.15) is 48.3 Å². The minimum Gasteiger partial charge on any atom is -0.324 e. The number of urea groups is 1. The second-order valence-corrected chi connectivity index (χ2v) is 7.70. The summed E-state index contributed by atoms with van der Waals surface area (Å²) in [4.78, 5) is 17.3. The van der Waals surface area contributed by atoms with E-state index in [9.17, 15) is 4.79 Å². The van der Waals surface area contributed by atoms with E-state index in [4.69, 9.17) is 0 Å². The molecule has 2 aliphatic heterocycles. The number of likely N-dealkylation sites (tertiary alicyclic amines) is 1. The maximum Gasteiger partial charge on any atom is 0.324 e. The number of amides is 2. The van der Waals surface area contributed by atoms with Gasteiger partial charge in [-0.3, -0.25) is 4.90 Å². The van der Waals surface area contributed by atoms with Gasteiger partial charge < -0.3 is 4.90 Å². The van der Waals surface area contributed by atoms with Crippen molar-refractivity contribution < 1.29 is 4.79 Å². The molecule has 3 heteroatoms. The maximum atomic E-state index is 13.2. The Bertz CT molecular complexity index is 763. The Morgan fingerprint density at radius 3 is 2.50 bits per heavy atom. The summed E-state index contributed by atoms with van der Waals surface area (Å²) < 4.78 is 0. The van der Waals surface area contributed by atoms with Crippen molar-refractivity contribution in [3.8, 4) is 0 Å². The van der Waals surface area contributed by atoms with E-state index in [0.717, 1.165) is 57.4 Å². The Kier molecular flexibility index (Phi) is 4.96. The summed E-state index contributed by atoms with van der Waals surface area (Å²) in [5.74, 6) is 0.583. The van der Waals surface area contributed by atoms with Crippen molar-refractivity contribution >= 4 is 11.7 Å². The zero-order valence-corrected chi connectivity index (χ0v) is 15.7. The summed E-state index contributed by atoms with van der Waals surface area (Å²) in [6.07, 6.45) is 5.45. The van der Waals surface area contributed by atoms with Crippen molar-refractivity contribution in [3.63, 3.8) is 0 Å². The van der Waals surface area contributed by atoms with Crippen molar-refractivity contribution in [2.24, 2.45) is 0 Å². The van der Waals surface area contributed by atoms with Crippen molar-refractivity contribution in [2.45, 2.75) is 44.9 Å². The zero-order valence-electron chi connectivity index (χ0n) is 15.7. The molecule has 2 aromatic rings. The first-order chi connectivity index (χ1) is 12.7. The van der Waals surface area contributed by atoms with Gasteiger partial charge in [-0.1, -0.05) is 48.0 Å². The molecule has 0 saturated carbocycles. The van der Waals surface area contributed by atoms with Crippen molar-refractivity contribution in [1.82, 2.24) is 4.90 Å². The van der Waals surface area contributed by atoms with Crippen molar-refractivity contribution in [1.29, 1.82) is 0 Å². The van der Waals surface area contributed by atoms with Crippen LogP contribution in [-0.2, 0) is 6.42 Å². The minimum atomic E-state index is 0.198. The molecule has 0 bridgehead atoms. The number of fused-ring (bicyclic) bond motifs is 1. The van der Waals surface area contributed by atoms with Crippen LogP contribution >= 0.6 is 0 Å². The third-order valence-corrected chi connectivity index (χ3v) is 5.87. The highest BCUT2D eigenvalue weighted by Gasteiger charge is 2.29. The summed E-state index contributed by atoms with van der Waals surface area (Å²) in [5, 5.41) is 0. The summed E-state index contributed by atoms with van der Waals surface area (Å²) >= 11 is 0. The van der Waals surface area contributed by atoms with Crippen LogP contribution < -0.4 is 4.90 Å². The molecule has 136 valence electrons. The SMILES string of the molecule is Cc1ccc2c(c1)CCCCN2C(=O)N1CCC(c2ccccc2)CC1. The maximum absolute atomic E-state index is 13.2. The van der Waals surface area contributed by atoms with E-state index < -0.39 is 0 Å². The van der Waals surface area contributed by atoms with E-state index in [2.05, 4.69) is 60.4 Å². The van der Waals surface area contributed by atoms with Crippen LogP contribution in [0.3, 0.4) is 0 Å². The van der Waals surface area contributed by atoms with Gasteiger partial charge in [0.2, 0.25) is 0 Å². The van der Waals surface area contributed by atoms with Gasteiger partial charge in [0.05, 0.1) is 0 Å². The molecule has 3 nitrogen and oxygen atoms in total. The van der Waals surface area contributed by atoms with Gasteiger partial charge in [0.25, 0.3) is 0 Å². The fourth-order valence-electron chi connectivity index (χ4n) is 4.38. The topological polar surface area (TPSA) is 23.6 Å². The lowest BCUT2D eigenvalue weighted by atomic mass is 9.89. The molecule has 0 N–H and O–H groups in total. The minimum absolute atomic E-state index is 0.198. The smallest absolute Gasteiger partial charge is 0.324 e. The average molecular weight is 348 g/mol. The molecular weight excluding hydrogens is 320 g/mol. The first kappa shape index (κ1) is 17.1. The summed E-state index contributed by atoms with van der Waals surface area (Å²) in [7, 11) is 0. The Labute approximate surface area is 156 Å². The van der Waals surface area contributed by atoms with E-state index in [1.165, 1.54) is 16.7 Å². The molecule has 0 spiro atoms. The Balaban J connectivity index is 1.47. The number of benzene rings is 2. The number of carbonyl (C=O) groups excluding carboxylic acids is 1. The lowest BCUT2D eigenvalue weighted by molar-refractivity contribution is 0.187. The molecule has 0 aliphatic carbocycles. The second-order valence-electron chi connectivity index (χ2n) is 7.70. The van der Waals surface area contributed by atoms with Crippen molar-refractivity contribution in [3.05, 3.63) is 65.2 Å². The van der Waals surface area contributed by atoms with Gasteiger partial charge in [-0.05, 0) is 62.1 Å². The van der Waals surface area contributed by atoms with Crippen LogP contribution in [-0.4, -0.2) is 30.6 Å². The Morgan fingerprint density at radius 1 is 0.962 bits per heavy atom. The third kappa shape index (κ3) is 3.48. The quantitative estimate of drug-likeness (QED) is 0.700. The molecule has 4 rings (SSSR count). The molecule has 0 aromatic heterocycles. The molecule has 0 atom stereocenters. The molecule has 0 unspecified atom stereocenters. The number of rotatable bonds is 1. The van der Waals surface area contributed by atoms with E-state index in [-0.39, 0.29) is 6.03 Å². The molecule has 2 aromatic carbocycles. The predicted octanol–water partition coefficient (Wildman–Crippen LogP) is 5.14. The molecule has 2 amide bonds. The first-order valence-corrected chi connectivity index (χ1v) is 9.93. The molecule has 2 heterocycles. The number of hydrogen-bond acceptors (Lipinski definition) is 1. The predicted molar refractivity (Wildman–Crippen MR) is 107 cm³/mol. The number of hydrogen-bond donors (Lipinski definition) is 0. The largest absolute Gasteiger partial charge is 0.324 e. The molecular formula is C23H28N2O. The van der Waals surface area contributed by atoms with Crippen LogP contribution in [0.15, 0.2) is 48.5 Å². The van der Waals surface area contributed by atoms with Gasteiger partial charge >= 0.3 is 6.03 Å². The molecule has 2 aliphatic rings. The fraction of sp³-hybridized carbons (Fsp3) is 0.435. The Hall–Kier alpha value is -2.29. The van der Waals surface area contributed by atoms with Gasteiger partial charge in [-0.25, -0.2) is 4.79 Å². The van der Waals surface area contributed by atoms with Gasteiger partial charge in [0.1, 0.15) is 0 Å². The highest BCUT2D eigenvalue weighted by atomic mass is 16.2. The third-order valence-electron chi connectivity index (χ3n) is 5.87. The zero-order chi connectivity index (χ0) is 17.9. The van der Waals surface area contributed by atoms with E-state index >= 15 is 0 Å². The fourth-order valence-corrected chi connectivity index (χ4v) is 4.38. The van der Waals surface area contributed by atoms with Gasteiger partial charge in [-0.15, -0.1) is 0 Å².